The number of amides is 1. The molecule has 1 amide bonds. The third kappa shape index (κ3) is 3.46. The molecular weight excluding hydrogens is 375 g/mol. The molecule has 0 aliphatic rings. The number of benzene rings is 2. The quantitative estimate of drug-likeness (QED) is 0.796. The lowest BCUT2D eigenvalue weighted by Gasteiger charge is -2.07. The molecule has 2 aromatic carbocycles. The third-order valence-corrected chi connectivity index (χ3v) is 3.58. The maximum atomic E-state index is 12.1. The van der Waals surface area contributed by atoms with Crippen molar-refractivity contribution < 1.29 is 4.79 Å². The lowest BCUT2D eigenvalue weighted by Crippen LogP contribution is -2.13. The Morgan fingerprint density at radius 3 is 2.47 bits per heavy atom. The van der Waals surface area contributed by atoms with E-state index in [1.165, 1.54) is 0 Å². The summed E-state index contributed by atoms with van der Waals surface area (Å²) < 4.78 is 0.788. The van der Waals surface area contributed by atoms with Gasteiger partial charge in [-0.05, 0) is 65.1 Å². The van der Waals surface area contributed by atoms with E-state index in [1.54, 1.807) is 42.5 Å². The standard InChI is InChI=1S/C14H8ClIN2O/c15-10-3-6-12(13(16)7-10)14(19)18-11-4-1-9(8-17)2-5-11/h1-7H,(H,18,19). The minimum absolute atomic E-state index is 0.203. The van der Waals surface area contributed by atoms with Crippen molar-refractivity contribution in [3.05, 3.63) is 62.2 Å². The van der Waals surface area contributed by atoms with Gasteiger partial charge in [0.15, 0.2) is 0 Å². The molecule has 0 heterocycles. The second kappa shape index (κ2) is 6.04. The SMILES string of the molecule is N#Cc1ccc(NC(=O)c2ccc(Cl)cc2I)cc1. The van der Waals surface area contributed by atoms with Crippen molar-refractivity contribution in [2.75, 3.05) is 5.32 Å². The Bertz CT molecular complexity index is 662. The molecule has 0 radical (unpaired) electrons. The van der Waals surface area contributed by atoms with Crippen LogP contribution < -0.4 is 5.32 Å². The number of halogens is 2. The molecule has 0 aromatic heterocycles. The molecular formula is C14H8ClIN2O. The predicted molar refractivity (Wildman–Crippen MR) is 83.3 cm³/mol. The maximum absolute atomic E-state index is 12.1. The minimum Gasteiger partial charge on any atom is -0.322 e. The summed E-state index contributed by atoms with van der Waals surface area (Å²) in [6, 6.07) is 13.8. The average Bonchev–Trinajstić information content (AvgIpc) is 2.39. The van der Waals surface area contributed by atoms with Crippen molar-refractivity contribution in [1.29, 1.82) is 5.26 Å². The minimum atomic E-state index is -0.203. The number of hydrogen-bond acceptors (Lipinski definition) is 2. The zero-order valence-electron chi connectivity index (χ0n) is 9.65. The molecule has 19 heavy (non-hydrogen) atoms. The number of nitriles is 1. The lowest BCUT2D eigenvalue weighted by molar-refractivity contribution is 0.102. The summed E-state index contributed by atoms with van der Waals surface area (Å²) >= 11 is 7.92. The first-order valence-corrected chi connectivity index (χ1v) is 6.82. The van der Waals surface area contributed by atoms with Crippen LogP contribution in [0.4, 0.5) is 5.69 Å². The van der Waals surface area contributed by atoms with Crippen molar-refractivity contribution in [2.45, 2.75) is 0 Å². The fourth-order valence-corrected chi connectivity index (χ4v) is 2.62. The number of hydrogen-bond donors (Lipinski definition) is 1. The van der Waals surface area contributed by atoms with Crippen LogP contribution in [0.3, 0.4) is 0 Å². The average molecular weight is 383 g/mol. The molecule has 0 aliphatic heterocycles. The van der Waals surface area contributed by atoms with Crippen molar-refractivity contribution >= 4 is 45.8 Å². The Hall–Kier alpha value is -1.58. The van der Waals surface area contributed by atoms with Gasteiger partial charge in [0.2, 0.25) is 0 Å². The Balaban J connectivity index is 2.18. The molecule has 94 valence electrons. The van der Waals surface area contributed by atoms with Crippen LogP contribution in [0.5, 0.6) is 0 Å². The monoisotopic (exact) mass is 382 g/mol. The largest absolute Gasteiger partial charge is 0.322 e. The third-order valence-electron chi connectivity index (χ3n) is 2.45. The van der Waals surface area contributed by atoms with Crippen LogP contribution in [0.15, 0.2) is 42.5 Å². The summed E-state index contributed by atoms with van der Waals surface area (Å²) in [5, 5.41) is 12.1. The van der Waals surface area contributed by atoms with Crippen LogP contribution in [0, 0.1) is 14.9 Å². The van der Waals surface area contributed by atoms with Gasteiger partial charge in [-0.15, -0.1) is 0 Å². The summed E-state index contributed by atoms with van der Waals surface area (Å²) in [6.07, 6.45) is 0. The smallest absolute Gasteiger partial charge is 0.256 e. The number of carbonyl (C=O) groups is 1. The summed E-state index contributed by atoms with van der Waals surface area (Å²) in [7, 11) is 0. The first kappa shape index (κ1) is 13.8. The lowest BCUT2D eigenvalue weighted by atomic mass is 10.2. The molecule has 0 saturated heterocycles. The maximum Gasteiger partial charge on any atom is 0.256 e. The van der Waals surface area contributed by atoms with E-state index in [-0.39, 0.29) is 5.91 Å². The van der Waals surface area contributed by atoms with Crippen molar-refractivity contribution in [3.8, 4) is 6.07 Å². The molecule has 0 atom stereocenters. The number of nitrogens with zero attached hydrogens (tertiary/aromatic N) is 1. The van der Waals surface area contributed by atoms with E-state index >= 15 is 0 Å². The van der Waals surface area contributed by atoms with E-state index in [0.717, 1.165) is 3.57 Å². The molecule has 0 fully saturated rings. The van der Waals surface area contributed by atoms with E-state index in [2.05, 4.69) is 27.9 Å². The normalized spacial score (nSPS) is 9.74. The predicted octanol–water partition coefficient (Wildman–Crippen LogP) is 4.07. The molecule has 2 aromatic rings. The fraction of sp³-hybridized carbons (Fsp3) is 0. The summed E-state index contributed by atoms with van der Waals surface area (Å²) in [5.41, 5.74) is 1.77. The summed E-state index contributed by atoms with van der Waals surface area (Å²) in [6.45, 7) is 0. The fourth-order valence-electron chi connectivity index (χ4n) is 1.50. The summed E-state index contributed by atoms with van der Waals surface area (Å²) in [5.74, 6) is -0.203. The molecule has 0 aliphatic carbocycles. The highest BCUT2D eigenvalue weighted by molar-refractivity contribution is 14.1. The van der Waals surface area contributed by atoms with Gasteiger partial charge < -0.3 is 5.32 Å². The second-order valence-electron chi connectivity index (χ2n) is 3.77. The van der Waals surface area contributed by atoms with Crippen LogP contribution >= 0.6 is 34.2 Å². The van der Waals surface area contributed by atoms with Crippen LogP contribution in [0.25, 0.3) is 0 Å². The highest BCUT2D eigenvalue weighted by Crippen LogP contribution is 2.19. The van der Waals surface area contributed by atoms with Gasteiger partial charge in [0, 0.05) is 14.3 Å². The first-order valence-electron chi connectivity index (χ1n) is 5.37. The number of nitrogens with one attached hydrogen (secondary N) is 1. The Morgan fingerprint density at radius 1 is 1.21 bits per heavy atom. The van der Waals surface area contributed by atoms with Gasteiger partial charge >= 0.3 is 0 Å². The highest BCUT2D eigenvalue weighted by atomic mass is 127. The van der Waals surface area contributed by atoms with Gasteiger partial charge in [0.05, 0.1) is 17.2 Å². The number of anilines is 1. The van der Waals surface area contributed by atoms with Gasteiger partial charge in [-0.3, -0.25) is 4.79 Å². The zero-order chi connectivity index (χ0) is 13.8. The van der Waals surface area contributed by atoms with Gasteiger partial charge in [-0.2, -0.15) is 5.26 Å². The van der Waals surface area contributed by atoms with Crippen LogP contribution in [0.1, 0.15) is 15.9 Å². The van der Waals surface area contributed by atoms with Crippen molar-refractivity contribution in [2.24, 2.45) is 0 Å². The van der Waals surface area contributed by atoms with Crippen molar-refractivity contribution in [3.63, 3.8) is 0 Å². The van der Waals surface area contributed by atoms with Gasteiger partial charge in [-0.1, -0.05) is 11.6 Å². The zero-order valence-corrected chi connectivity index (χ0v) is 12.6. The van der Waals surface area contributed by atoms with E-state index in [9.17, 15) is 4.79 Å². The van der Waals surface area contributed by atoms with E-state index in [0.29, 0.717) is 21.8 Å². The van der Waals surface area contributed by atoms with E-state index < -0.39 is 0 Å². The molecule has 0 bridgehead atoms. The van der Waals surface area contributed by atoms with E-state index in [1.807, 2.05) is 6.07 Å². The van der Waals surface area contributed by atoms with Crippen LogP contribution in [-0.4, -0.2) is 5.91 Å². The first-order chi connectivity index (χ1) is 9.10. The molecule has 0 unspecified atom stereocenters. The highest BCUT2D eigenvalue weighted by Gasteiger charge is 2.10. The Kier molecular flexibility index (Phi) is 4.40. The topological polar surface area (TPSA) is 52.9 Å². The Labute approximate surface area is 129 Å². The molecule has 1 N–H and O–H groups in total. The molecule has 5 heteroatoms. The second-order valence-corrected chi connectivity index (χ2v) is 5.37. The Morgan fingerprint density at radius 2 is 1.89 bits per heavy atom. The van der Waals surface area contributed by atoms with Crippen LogP contribution in [0.2, 0.25) is 5.02 Å². The molecule has 0 saturated carbocycles. The van der Waals surface area contributed by atoms with Crippen LogP contribution in [-0.2, 0) is 0 Å². The number of carbonyl (C=O) groups excluding carboxylic acids is 1. The molecule has 2 rings (SSSR count). The van der Waals surface area contributed by atoms with Gasteiger partial charge in [-0.25, -0.2) is 0 Å². The van der Waals surface area contributed by atoms with Gasteiger partial charge in [0.25, 0.3) is 5.91 Å². The van der Waals surface area contributed by atoms with Gasteiger partial charge in [0.1, 0.15) is 0 Å². The summed E-state index contributed by atoms with van der Waals surface area (Å²) in [4.78, 5) is 12.1. The molecule has 0 spiro atoms. The molecule has 3 nitrogen and oxygen atoms in total. The number of rotatable bonds is 2. The van der Waals surface area contributed by atoms with E-state index in [4.69, 9.17) is 16.9 Å². The van der Waals surface area contributed by atoms with Crippen molar-refractivity contribution in [1.82, 2.24) is 0 Å².